The van der Waals surface area contributed by atoms with Gasteiger partial charge in [0.2, 0.25) is 0 Å². The summed E-state index contributed by atoms with van der Waals surface area (Å²) in [6.45, 7) is 7.08. The van der Waals surface area contributed by atoms with E-state index >= 15 is 0 Å². The highest BCUT2D eigenvalue weighted by molar-refractivity contribution is 6.37. The zero-order valence-corrected chi connectivity index (χ0v) is 12.1. The maximum atomic E-state index is 5.65. The lowest BCUT2D eigenvalue weighted by atomic mass is 10.2. The van der Waals surface area contributed by atoms with E-state index in [2.05, 4.69) is 18.7 Å². The summed E-state index contributed by atoms with van der Waals surface area (Å²) in [7, 11) is 0.376. The lowest BCUT2D eigenvalue weighted by Crippen LogP contribution is -2.06. The summed E-state index contributed by atoms with van der Waals surface area (Å²) in [5.41, 5.74) is 1.20. The standard InChI is InChI=1S/C15H20O3Si/c1-13(6-5-9-16-11-15-12-17-15)19-18-10-14-7-3-2-4-8-14/h2-4,7-8,15H,1,5-6,9-12H2. The highest BCUT2D eigenvalue weighted by Gasteiger charge is 2.21. The SMILES string of the molecule is C=C(CCCOCC1CO1)[Si]OCc1ccccc1. The molecular weight excluding hydrogens is 256 g/mol. The zero-order chi connectivity index (χ0) is 13.3. The average molecular weight is 276 g/mol. The highest BCUT2D eigenvalue weighted by Crippen LogP contribution is 2.09. The molecule has 0 bridgehead atoms. The number of allylic oxidation sites excluding steroid dienone is 1. The van der Waals surface area contributed by atoms with Gasteiger partial charge in [0, 0.05) is 6.61 Å². The van der Waals surface area contributed by atoms with Crippen LogP contribution in [0.3, 0.4) is 0 Å². The van der Waals surface area contributed by atoms with E-state index in [1.54, 1.807) is 0 Å². The predicted octanol–water partition coefficient (Wildman–Crippen LogP) is 2.53. The molecule has 3 nitrogen and oxygen atoms in total. The largest absolute Gasteiger partial charge is 0.407 e. The number of rotatable bonds is 10. The smallest absolute Gasteiger partial charge is 0.264 e. The summed E-state index contributed by atoms with van der Waals surface area (Å²) < 4.78 is 16.2. The number of hydrogen-bond acceptors (Lipinski definition) is 3. The molecule has 1 atom stereocenters. The fraction of sp³-hybridized carbons (Fsp3) is 0.467. The Labute approximate surface area is 117 Å². The second-order valence-electron chi connectivity index (χ2n) is 4.61. The van der Waals surface area contributed by atoms with E-state index in [4.69, 9.17) is 13.9 Å². The number of benzene rings is 1. The third kappa shape index (κ3) is 6.68. The van der Waals surface area contributed by atoms with Gasteiger partial charge >= 0.3 is 0 Å². The molecule has 0 aliphatic carbocycles. The van der Waals surface area contributed by atoms with Crippen molar-refractivity contribution in [1.82, 2.24) is 0 Å². The summed E-state index contributed by atoms with van der Waals surface area (Å²) >= 11 is 0. The van der Waals surface area contributed by atoms with Crippen molar-refractivity contribution in [2.45, 2.75) is 25.6 Å². The average Bonchev–Trinajstić information content (AvgIpc) is 3.24. The van der Waals surface area contributed by atoms with Gasteiger partial charge < -0.3 is 13.9 Å². The quantitative estimate of drug-likeness (QED) is 0.374. The van der Waals surface area contributed by atoms with Gasteiger partial charge in [0.1, 0.15) is 6.10 Å². The van der Waals surface area contributed by atoms with Crippen molar-refractivity contribution < 1.29 is 13.9 Å². The predicted molar refractivity (Wildman–Crippen MR) is 75.9 cm³/mol. The zero-order valence-electron chi connectivity index (χ0n) is 11.1. The third-order valence-corrected chi connectivity index (χ3v) is 3.60. The molecule has 0 amide bonds. The van der Waals surface area contributed by atoms with Crippen molar-refractivity contribution in [2.75, 3.05) is 19.8 Å². The Morgan fingerprint density at radius 3 is 2.89 bits per heavy atom. The molecule has 0 saturated carbocycles. The molecule has 2 rings (SSSR count). The van der Waals surface area contributed by atoms with Gasteiger partial charge in [-0.25, -0.2) is 0 Å². The van der Waals surface area contributed by atoms with Crippen LogP contribution in [-0.2, 0) is 20.5 Å². The minimum absolute atomic E-state index is 0.360. The van der Waals surface area contributed by atoms with Gasteiger partial charge in [-0.1, -0.05) is 35.5 Å². The molecule has 102 valence electrons. The van der Waals surface area contributed by atoms with Crippen molar-refractivity contribution >= 4 is 9.76 Å². The van der Waals surface area contributed by atoms with E-state index in [0.29, 0.717) is 22.5 Å². The molecule has 1 aromatic carbocycles. The minimum atomic E-state index is 0.360. The van der Waals surface area contributed by atoms with E-state index in [-0.39, 0.29) is 0 Å². The molecule has 1 aromatic rings. The molecule has 4 heteroatoms. The molecule has 0 spiro atoms. The Kier molecular flexibility index (Phi) is 6.30. The molecule has 19 heavy (non-hydrogen) atoms. The van der Waals surface area contributed by atoms with Crippen LogP contribution in [0.5, 0.6) is 0 Å². The first-order chi connectivity index (χ1) is 9.34. The fourth-order valence-electron chi connectivity index (χ4n) is 1.61. The molecule has 0 aromatic heterocycles. The van der Waals surface area contributed by atoms with E-state index in [9.17, 15) is 0 Å². The summed E-state index contributed by atoms with van der Waals surface area (Å²) in [6, 6.07) is 10.2. The van der Waals surface area contributed by atoms with Crippen molar-refractivity contribution in [3.05, 3.63) is 47.7 Å². The second kappa shape index (κ2) is 8.27. The molecule has 2 radical (unpaired) electrons. The van der Waals surface area contributed by atoms with Gasteiger partial charge in [-0.2, -0.15) is 0 Å². The Hall–Kier alpha value is -0.943. The fourth-order valence-corrected chi connectivity index (χ4v) is 2.34. The van der Waals surface area contributed by atoms with Crippen molar-refractivity contribution in [3.63, 3.8) is 0 Å². The Morgan fingerprint density at radius 1 is 1.37 bits per heavy atom. The van der Waals surface area contributed by atoms with E-state index in [0.717, 1.165) is 37.9 Å². The van der Waals surface area contributed by atoms with Gasteiger partial charge in [0.25, 0.3) is 9.76 Å². The number of hydrogen-bond donors (Lipinski definition) is 0. The van der Waals surface area contributed by atoms with Crippen molar-refractivity contribution in [3.8, 4) is 0 Å². The summed E-state index contributed by atoms with van der Waals surface area (Å²) in [5.74, 6) is 0. The maximum absolute atomic E-state index is 5.65. The topological polar surface area (TPSA) is 31.0 Å². The highest BCUT2D eigenvalue weighted by atomic mass is 28.2. The van der Waals surface area contributed by atoms with Crippen LogP contribution < -0.4 is 0 Å². The second-order valence-corrected chi connectivity index (χ2v) is 5.81. The van der Waals surface area contributed by atoms with Crippen LogP contribution in [-0.4, -0.2) is 35.7 Å². The van der Waals surface area contributed by atoms with Gasteiger partial charge in [0.05, 0.1) is 19.8 Å². The Bertz CT molecular complexity index is 376. The van der Waals surface area contributed by atoms with Crippen LogP contribution in [0.25, 0.3) is 0 Å². The normalized spacial score (nSPS) is 17.4. The van der Waals surface area contributed by atoms with E-state index in [1.165, 1.54) is 5.56 Å². The first-order valence-corrected chi connectivity index (χ1v) is 7.54. The molecule has 0 N–H and O–H groups in total. The first kappa shape index (κ1) is 14.5. The molecule has 1 unspecified atom stereocenters. The van der Waals surface area contributed by atoms with Gasteiger partial charge in [-0.15, -0.1) is 6.58 Å². The van der Waals surface area contributed by atoms with E-state index < -0.39 is 0 Å². The Morgan fingerprint density at radius 2 is 2.16 bits per heavy atom. The van der Waals surface area contributed by atoms with Crippen molar-refractivity contribution in [2.24, 2.45) is 0 Å². The van der Waals surface area contributed by atoms with Crippen LogP contribution in [0, 0.1) is 0 Å². The number of epoxide rings is 1. The van der Waals surface area contributed by atoms with Crippen LogP contribution in [0.15, 0.2) is 42.1 Å². The molecule has 1 saturated heterocycles. The minimum Gasteiger partial charge on any atom is -0.407 e. The van der Waals surface area contributed by atoms with Crippen LogP contribution >= 0.6 is 0 Å². The lowest BCUT2D eigenvalue weighted by Gasteiger charge is -2.06. The Balaban J connectivity index is 1.45. The van der Waals surface area contributed by atoms with Gasteiger partial charge in [-0.3, -0.25) is 0 Å². The molecular formula is C15H20O3Si. The van der Waals surface area contributed by atoms with Gasteiger partial charge in [0.15, 0.2) is 0 Å². The molecule has 1 heterocycles. The molecule has 1 fully saturated rings. The first-order valence-electron chi connectivity index (χ1n) is 6.63. The monoisotopic (exact) mass is 276 g/mol. The molecule has 1 aliphatic heterocycles. The summed E-state index contributed by atoms with van der Waals surface area (Å²) in [6.07, 6.45) is 2.34. The van der Waals surface area contributed by atoms with Crippen molar-refractivity contribution in [1.29, 1.82) is 0 Å². The van der Waals surface area contributed by atoms with Gasteiger partial charge in [-0.05, 0) is 18.4 Å². The maximum Gasteiger partial charge on any atom is 0.264 e. The summed E-state index contributed by atoms with van der Waals surface area (Å²) in [5, 5.41) is 1.15. The van der Waals surface area contributed by atoms with Crippen LogP contribution in [0.4, 0.5) is 0 Å². The van der Waals surface area contributed by atoms with Crippen LogP contribution in [0.2, 0.25) is 0 Å². The van der Waals surface area contributed by atoms with E-state index in [1.807, 2.05) is 18.2 Å². The third-order valence-electron chi connectivity index (χ3n) is 2.77. The molecule has 1 aliphatic rings. The number of ether oxygens (including phenoxy) is 2. The summed E-state index contributed by atoms with van der Waals surface area (Å²) in [4.78, 5) is 0. The van der Waals surface area contributed by atoms with Crippen LogP contribution in [0.1, 0.15) is 18.4 Å². The lowest BCUT2D eigenvalue weighted by molar-refractivity contribution is 0.115.